The summed E-state index contributed by atoms with van der Waals surface area (Å²) < 4.78 is 4.57. The average molecular weight is 212 g/mol. The molecule has 1 heterocycles. The zero-order valence-electron chi connectivity index (χ0n) is 8.86. The standard InChI is InChI=1S/C10H16N2O3/c1-7(13)9(10(14)15-2)12-6-8-3-4-11-5-8/h3-5,7,9,11-13H,6H2,1-2H3. The maximum Gasteiger partial charge on any atom is 0.325 e. The maximum absolute atomic E-state index is 11.3. The number of nitrogens with one attached hydrogen (secondary N) is 2. The molecule has 0 aliphatic heterocycles. The van der Waals surface area contributed by atoms with Gasteiger partial charge in [-0.25, -0.2) is 0 Å². The van der Waals surface area contributed by atoms with Gasteiger partial charge in [0, 0.05) is 18.9 Å². The van der Waals surface area contributed by atoms with Crippen LogP contribution in [0.2, 0.25) is 0 Å². The molecule has 0 spiro atoms. The normalized spacial score (nSPS) is 14.6. The number of carbonyl (C=O) groups is 1. The van der Waals surface area contributed by atoms with Gasteiger partial charge >= 0.3 is 5.97 Å². The molecule has 1 aromatic heterocycles. The van der Waals surface area contributed by atoms with Crippen molar-refractivity contribution in [1.29, 1.82) is 0 Å². The third-order valence-corrected chi connectivity index (χ3v) is 2.13. The highest BCUT2D eigenvalue weighted by Crippen LogP contribution is 2.00. The van der Waals surface area contributed by atoms with E-state index in [9.17, 15) is 9.90 Å². The number of aromatic amines is 1. The van der Waals surface area contributed by atoms with Crippen molar-refractivity contribution in [2.45, 2.75) is 25.6 Å². The first-order valence-electron chi connectivity index (χ1n) is 4.76. The Labute approximate surface area is 88.4 Å². The van der Waals surface area contributed by atoms with Crippen molar-refractivity contribution in [1.82, 2.24) is 10.3 Å². The summed E-state index contributed by atoms with van der Waals surface area (Å²) in [4.78, 5) is 14.2. The van der Waals surface area contributed by atoms with Crippen LogP contribution < -0.4 is 5.32 Å². The predicted octanol–water partition coefficient (Wildman–Crippen LogP) is 0.0267. The fourth-order valence-electron chi connectivity index (χ4n) is 1.27. The lowest BCUT2D eigenvalue weighted by molar-refractivity contribution is -0.145. The summed E-state index contributed by atoms with van der Waals surface area (Å²) in [5, 5.41) is 12.3. The third-order valence-electron chi connectivity index (χ3n) is 2.13. The van der Waals surface area contributed by atoms with Gasteiger partial charge in [-0.05, 0) is 18.6 Å². The first kappa shape index (κ1) is 11.7. The summed E-state index contributed by atoms with van der Waals surface area (Å²) in [5.41, 5.74) is 1.02. The third kappa shape index (κ3) is 3.38. The Balaban J connectivity index is 2.49. The molecule has 0 saturated heterocycles. The van der Waals surface area contributed by atoms with Crippen molar-refractivity contribution >= 4 is 5.97 Å². The summed E-state index contributed by atoms with van der Waals surface area (Å²) in [7, 11) is 1.30. The van der Waals surface area contributed by atoms with E-state index >= 15 is 0 Å². The van der Waals surface area contributed by atoms with E-state index in [1.807, 2.05) is 12.3 Å². The summed E-state index contributed by atoms with van der Waals surface area (Å²) in [6.07, 6.45) is 2.84. The topological polar surface area (TPSA) is 74.3 Å². The molecule has 2 atom stereocenters. The molecule has 2 unspecified atom stereocenters. The molecular formula is C10H16N2O3. The lowest BCUT2D eigenvalue weighted by Gasteiger charge is -2.18. The van der Waals surface area contributed by atoms with Crippen LogP contribution in [0.25, 0.3) is 0 Å². The van der Waals surface area contributed by atoms with Crippen molar-refractivity contribution in [3.05, 3.63) is 24.0 Å². The van der Waals surface area contributed by atoms with Gasteiger partial charge in [-0.1, -0.05) is 0 Å². The zero-order chi connectivity index (χ0) is 11.3. The second-order valence-corrected chi connectivity index (χ2v) is 3.34. The molecule has 0 aliphatic rings. The first-order valence-corrected chi connectivity index (χ1v) is 4.76. The van der Waals surface area contributed by atoms with Gasteiger partial charge in [-0.3, -0.25) is 10.1 Å². The lowest BCUT2D eigenvalue weighted by Crippen LogP contribution is -2.45. The van der Waals surface area contributed by atoms with Crippen LogP contribution >= 0.6 is 0 Å². The van der Waals surface area contributed by atoms with Gasteiger partial charge in [0.25, 0.3) is 0 Å². The quantitative estimate of drug-likeness (QED) is 0.602. The first-order chi connectivity index (χ1) is 7.15. The molecule has 0 bridgehead atoms. The number of ether oxygens (including phenoxy) is 1. The molecule has 0 fully saturated rings. The molecule has 0 aromatic carbocycles. The number of rotatable bonds is 5. The van der Waals surface area contributed by atoms with E-state index in [1.54, 1.807) is 13.1 Å². The van der Waals surface area contributed by atoms with Gasteiger partial charge in [-0.15, -0.1) is 0 Å². The number of methoxy groups -OCH3 is 1. The molecule has 5 heteroatoms. The number of esters is 1. The lowest BCUT2D eigenvalue weighted by atomic mass is 10.2. The highest BCUT2D eigenvalue weighted by molar-refractivity contribution is 5.76. The number of aliphatic hydroxyl groups excluding tert-OH is 1. The predicted molar refractivity (Wildman–Crippen MR) is 55.1 cm³/mol. The van der Waals surface area contributed by atoms with Crippen LogP contribution in [0.15, 0.2) is 18.5 Å². The Morgan fingerprint density at radius 1 is 1.73 bits per heavy atom. The largest absolute Gasteiger partial charge is 0.468 e. The number of aliphatic hydroxyl groups is 1. The van der Waals surface area contributed by atoms with Crippen LogP contribution in [0.4, 0.5) is 0 Å². The van der Waals surface area contributed by atoms with Crippen molar-refractivity contribution in [3.8, 4) is 0 Å². The van der Waals surface area contributed by atoms with E-state index in [0.29, 0.717) is 6.54 Å². The molecule has 15 heavy (non-hydrogen) atoms. The van der Waals surface area contributed by atoms with Crippen molar-refractivity contribution < 1.29 is 14.6 Å². The van der Waals surface area contributed by atoms with E-state index in [2.05, 4.69) is 15.0 Å². The van der Waals surface area contributed by atoms with Crippen LogP contribution in [-0.2, 0) is 16.1 Å². The van der Waals surface area contributed by atoms with E-state index in [0.717, 1.165) is 5.56 Å². The monoisotopic (exact) mass is 212 g/mol. The average Bonchev–Trinajstić information content (AvgIpc) is 2.70. The number of hydrogen-bond donors (Lipinski definition) is 3. The number of hydrogen-bond acceptors (Lipinski definition) is 4. The van der Waals surface area contributed by atoms with Gasteiger partial charge < -0.3 is 14.8 Å². The minimum Gasteiger partial charge on any atom is -0.468 e. The van der Waals surface area contributed by atoms with Gasteiger partial charge in [-0.2, -0.15) is 0 Å². The molecule has 0 aliphatic carbocycles. The second-order valence-electron chi connectivity index (χ2n) is 3.34. The molecule has 3 N–H and O–H groups in total. The van der Waals surface area contributed by atoms with Crippen LogP contribution in [0.5, 0.6) is 0 Å². The fraction of sp³-hybridized carbons (Fsp3) is 0.500. The number of H-pyrrole nitrogens is 1. The summed E-state index contributed by atoms with van der Waals surface area (Å²) in [5.74, 6) is -0.458. The number of carbonyl (C=O) groups excluding carboxylic acids is 1. The van der Waals surface area contributed by atoms with E-state index in [-0.39, 0.29) is 0 Å². The van der Waals surface area contributed by atoms with Crippen molar-refractivity contribution in [2.24, 2.45) is 0 Å². The van der Waals surface area contributed by atoms with Gasteiger partial charge in [0.2, 0.25) is 0 Å². The van der Waals surface area contributed by atoms with Gasteiger partial charge in [0.1, 0.15) is 6.04 Å². The summed E-state index contributed by atoms with van der Waals surface area (Å²) in [6.45, 7) is 2.06. The molecular weight excluding hydrogens is 196 g/mol. The van der Waals surface area contributed by atoms with Crippen LogP contribution in [0.1, 0.15) is 12.5 Å². The SMILES string of the molecule is COC(=O)C(NCc1cc[nH]c1)C(C)O. The Hall–Kier alpha value is -1.33. The van der Waals surface area contributed by atoms with Crippen molar-refractivity contribution in [3.63, 3.8) is 0 Å². The molecule has 0 saturated carbocycles. The second kappa shape index (κ2) is 5.53. The van der Waals surface area contributed by atoms with Crippen LogP contribution in [0, 0.1) is 0 Å². The smallest absolute Gasteiger partial charge is 0.325 e. The highest BCUT2D eigenvalue weighted by atomic mass is 16.5. The highest BCUT2D eigenvalue weighted by Gasteiger charge is 2.23. The molecule has 0 radical (unpaired) electrons. The summed E-state index contributed by atoms with van der Waals surface area (Å²) >= 11 is 0. The van der Waals surface area contributed by atoms with E-state index in [1.165, 1.54) is 7.11 Å². The molecule has 1 aromatic rings. The van der Waals surface area contributed by atoms with Crippen molar-refractivity contribution in [2.75, 3.05) is 7.11 Å². The fourth-order valence-corrected chi connectivity index (χ4v) is 1.27. The summed E-state index contributed by atoms with van der Waals surface area (Å²) in [6, 6.07) is 1.20. The Bertz CT molecular complexity index is 296. The Morgan fingerprint density at radius 3 is 2.93 bits per heavy atom. The molecule has 1 rings (SSSR count). The molecule has 84 valence electrons. The minimum absolute atomic E-state index is 0.458. The van der Waals surface area contributed by atoms with E-state index in [4.69, 9.17) is 0 Å². The Morgan fingerprint density at radius 2 is 2.47 bits per heavy atom. The number of aromatic nitrogens is 1. The van der Waals surface area contributed by atoms with Gasteiger partial charge in [0.05, 0.1) is 13.2 Å². The molecule has 0 amide bonds. The van der Waals surface area contributed by atoms with Gasteiger partial charge in [0.15, 0.2) is 0 Å². The van der Waals surface area contributed by atoms with Crippen LogP contribution in [-0.4, -0.2) is 35.3 Å². The van der Waals surface area contributed by atoms with E-state index < -0.39 is 18.1 Å². The van der Waals surface area contributed by atoms with Crippen LogP contribution in [0.3, 0.4) is 0 Å². The zero-order valence-corrected chi connectivity index (χ0v) is 8.86. The minimum atomic E-state index is -0.781. The maximum atomic E-state index is 11.3. The Kier molecular flexibility index (Phi) is 4.33. The molecule has 5 nitrogen and oxygen atoms in total.